The first-order valence-corrected chi connectivity index (χ1v) is 5.31. The fourth-order valence-electron chi connectivity index (χ4n) is 2.29. The van der Waals surface area contributed by atoms with Crippen molar-refractivity contribution < 1.29 is 9.59 Å². The quantitative estimate of drug-likeness (QED) is 0.624. The molecule has 2 aromatic rings. The van der Waals surface area contributed by atoms with Gasteiger partial charge in [0.15, 0.2) is 0 Å². The second kappa shape index (κ2) is 3.27. The lowest BCUT2D eigenvalue weighted by Crippen LogP contribution is -2.25. The lowest BCUT2D eigenvalue weighted by Gasteiger charge is -2.16. The maximum absolute atomic E-state index is 11.5. The SMILES string of the molecule is O=C1Cc2ccc3ccccc3c2CC1=O. The Hall–Kier alpha value is -1.96. The second-order valence-corrected chi connectivity index (χ2v) is 4.12. The highest BCUT2D eigenvalue weighted by molar-refractivity contribution is 6.39. The average molecular weight is 210 g/mol. The standard InChI is InChI=1S/C14H10O2/c15-13-7-10-6-5-9-3-1-2-4-11(9)12(10)8-14(13)16/h1-6H,7-8H2. The number of fused-ring (bicyclic) bond motifs is 3. The Kier molecular flexibility index (Phi) is 1.90. The fourth-order valence-corrected chi connectivity index (χ4v) is 2.29. The van der Waals surface area contributed by atoms with Crippen molar-refractivity contribution in [3.63, 3.8) is 0 Å². The molecule has 2 heteroatoms. The van der Waals surface area contributed by atoms with Crippen LogP contribution in [-0.4, -0.2) is 11.6 Å². The lowest BCUT2D eigenvalue weighted by atomic mass is 9.86. The normalized spacial score (nSPS) is 15.2. The predicted octanol–water partition coefficient (Wildman–Crippen LogP) is 2.08. The molecule has 0 spiro atoms. The van der Waals surface area contributed by atoms with E-state index in [-0.39, 0.29) is 24.4 Å². The third kappa shape index (κ3) is 1.27. The molecule has 0 aromatic heterocycles. The molecule has 2 aromatic carbocycles. The van der Waals surface area contributed by atoms with Crippen molar-refractivity contribution >= 4 is 22.3 Å². The van der Waals surface area contributed by atoms with Crippen molar-refractivity contribution in [3.8, 4) is 0 Å². The first-order chi connectivity index (χ1) is 7.75. The molecule has 1 aliphatic carbocycles. The van der Waals surface area contributed by atoms with E-state index in [1.807, 2.05) is 36.4 Å². The molecular weight excluding hydrogens is 200 g/mol. The van der Waals surface area contributed by atoms with Gasteiger partial charge in [0.2, 0.25) is 11.6 Å². The van der Waals surface area contributed by atoms with Gasteiger partial charge in [-0.1, -0.05) is 36.4 Å². The molecule has 0 radical (unpaired) electrons. The number of Topliss-reactive ketones (excluding diaryl/α,β-unsaturated/α-hetero) is 2. The van der Waals surface area contributed by atoms with Crippen molar-refractivity contribution in [2.75, 3.05) is 0 Å². The summed E-state index contributed by atoms with van der Waals surface area (Å²) in [6, 6.07) is 11.9. The van der Waals surface area contributed by atoms with Crippen LogP contribution in [0.1, 0.15) is 11.1 Å². The van der Waals surface area contributed by atoms with Gasteiger partial charge in [0.25, 0.3) is 0 Å². The minimum atomic E-state index is -0.261. The van der Waals surface area contributed by atoms with E-state index < -0.39 is 0 Å². The highest BCUT2D eigenvalue weighted by Crippen LogP contribution is 2.26. The van der Waals surface area contributed by atoms with Crippen LogP contribution in [0.15, 0.2) is 36.4 Å². The summed E-state index contributed by atoms with van der Waals surface area (Å²) in [5.41, 5.74) is 2.03. The van der Waals surface area contributed by atoms with Gasteiger partial charge in [0, 0.05) is 12.8 Å². The van der Waals surface area contributed by atoms with Crippen LogP contribution in [0.3, 0.4) is 0 Å². The molecule has 0 amide bonds. The lowest BCUT2D eigenvalue weighted by molar-refractivity contribution is -0.136. The Morgan fingerprint density at radius 3 is 2.44 bits per heavy atom. The Morgan fingerprint density at radius 2 is 1.56 bits per heavy atom. The molecule has 78 valence electrons. The van der Waals surface area contributed by atoms with Crippen LogP contribution in [0.5, 0.6) is 0 Å². The van der Waals surface area contributed by atoms with E-state index in [2.05, 4.69) is 0 Å². The highest BCUT2D eigenvalue weighted by atomic mass is 16.2. The van der Waals surface area contributed by atoms with Crippen molar-refractivity contribution in [1.82, 2.24) is 0 Å². The summed E-state index contributed by atoms with van der Waals surface area (Å²) >= 11 is 0. The molecule has 3 rings (SSSR count). The monoisotopic (exact) mass is 210 g/mol. The maximum Gasteiger partial charge on any atom is 0.203 e. The fraction of sp³-hybridized carbons (Fsp3) is 0.143. The van der Waals surface area contributed by atoms with Gasteiger partial charge < -0.3 is 0 Å². The van der Waals surface area contributed by atoms with Gasteiger partial charge in [-0.05, 0) is 21.9 Å². The third-order valence-electron chi connectivity index (χ3n) is 3.14. The summed E-state index contributed by atoms with van der Waals surface area (Å²) in [5, 5.41) is 2.23. The molecule has 0 N–H and O–H groups in total. The largest absolute Gasteiger partial charge is 0.291 e. The molecule has 1 aliphatic rings. The first-order valence-electron chi connectivity index (χ1n) is 5.31. The third-order valence-corrected chi connectivity index (χ3v) is 3.14. The maximum atomic E-state index is 11.5. The molecule has 0 saturated carbocycles. The zero-order valence-electron chi connectivity index (χ0n) is 8.69. The molecule has 0 aliphatic heterocycles. The molecule has 0 bridgehead atoms. The summed E-state index contributed by atoms with van der Waals surface area (Å²) in [6.07, 6.45) is 0.522. The minimum Gasteiger partial charge on any atom is -0.291 e. The molecule has 0 unspecified atom stereocenters. The van der Waals surface area contributed by atoms with E-state index in [0.29, 0.717) is 0 Å². The minimum absolute atomic E-state index is 0.259. The van der Waals surface area contributed by atoms with E-state index in [9.17, 15) is 9.59 Å². The first kappa shape index (κ1) is 9.28. The van der Waals surface area contributed by atoms with Crippen LogP contribution in [0, 0.1) is 0 Å². The summed E-state index contributed by atoms with van der Waals surface area (Å²) < 4.78 is 0. The van der Waals surface area contributed by atoms with Gasteiger partial charge in [0.05, 0.1) is 0 Å². The summed E-state index contributed by atoms with van der Waals surface area (Å²) in [4.78, 5) is 22.8. The highest BCUT2D eigenvalue weighted by Gasteiger charge is 2.24. The number of hydrogen-bond donors (Lipinski definition) is 0. The molecular formula is C14H10O2. The van der Waals surface area contributed by atoms with Gasteiger partial charge in [0.1, 0.15) is 0 Å². The van der Waals surface area contributed by atoms with E-state index in [1.165, 1.54) is 0 Å². The topological polar surface area (TPSA) is 34.1 Å². The van der Waals surface area contributed by atoms with Crippen molar-refractivity contribution in [2.24, 2.45) is 0 Å². The van der Waals surface area contributed by atoms with E-state index in [0.717, 1.165) is 21.9 Å². The molecule has 0 heterocycles. The van der Waals surface area contributed by atoms with Crippen LogP contribution in [0.25, 0.3) is 10.8 Å². The summed E-state index contributed by atoms with van der Waals surface area (Å²) in [7, 11) is 0. The number of hydrogen-bond acceptors (Lipinski definition) is 2. The van der Waals surface area contributed by atoms with Gasteiger partial charge >= 0.3 is 0 Å². The van der Waals surface area contributed by atoms with Gasteiger partial charge in [-0.25, -0.2) is 0 Å². The molecule has 0 fully saturated rings. The Labute approximate surface area is 92.9 Å². The van der Waals surface area contributed by atoms with Gasteiger partial charge in [-0.3, -0.25) is 9.59 Å². The van der Waals surface area contributed by atoms with Crippen LogP contribution in [-0.2, 0) is 22.4 Å². The Balaban J connectivity index is 2.31. The van der Waals surface area contributed by atoms with E-state index in [4.69, 9.17) is 0 Å². The molecule has 0 atom stereocenters. The summed E-state index contributed by atoms with van der Waals surface area (Å²) in [6.45, 7) is 0. The summed E-state index contributed by atoms with van der Waals surface area (Å²) in [5.74, 6) is -0.522. The smallest absolute Gasteiger partial charge is 0.203 e. The Morgan fingerprint density at radius 1 is 0.812 bits per heavy atom. The van der Waals surface area contributed by atoms with Crippen molar-refractivity contribution in [2.45, 2.75) is 12.8 Å². The average Bonchev–Trinajstić information content (AvgIpc) is 2.31. The van der Waals surface area contributed by atoms with Crippen molar-refractivity contribution in [3.05, 3.63) is 47.5 Å². The molecule has 16 heavy (non-hydrogen) atoms. The van der Waals surface area contributed by atoms with Crippen LogP contribution < -0.4 is 0 Å². The molecule has 2 nitrogen and oxygen atoms in total. The predicted molar refractivity (Wildman–Crippen MR) is 61.4 cm³/mol. The molecule has 0 saturated heterocycles. The Bertz CT molecular complexity index is 611. The number of benzene rings is 2. The number of rotatable bonds is 0. The van der Waals surface area contributed by atoms with Gasteiger partial charge in [-0.2, -0.15) is 0 Å². The van der Waals surface area contributed by atoms with E-state index >= 15 is 0 Å². The van der Waals surface area contributed by atoms with Crippen LogP contribution in [0.2, 0.25) is 0 Å². The number of carbonyl (C=O) groups is 2. The zero-order valence-corrected chi connectivity index (χ0v) is 8.69. The van der Waals surface area contributed by atoms with E-state index in [1.54, 1.807) is 0 Å². The van der Waals surface area contributed by atoms with Crippen LogP contribution >= 0.6 is 0 Å². The van der Waals surface area contributed by atoms with Crippen LogP contribution in [0.4, 0.5) is 0 Å². The van der Waals surface area contributed by atoms with Gasteiger partial charge in [-0.15, -0.1) is 0 Å². The number of carbonyl (C=O) groups excluding carboxylic acids is 2. The second-order valence-electron chi connectivity index (χ2n) is 4.12. The van der Waals surface area contributed by atoms with Crippen molar-refractivity contribution in [1.29, 1.82) is 0 Å². The zero-order chi connectivity index (χ0) is 11.1. The number of ketones is 2.